The number of methoxy groups -OCH3 is 1. The van der Waals surface area contributed by atoms with E-state index in [0.29, 0.717) is 5.76 Å². The second-order valence-electron chi connectivity index (χ2n) is 6.24. The Kier molecular flexibility index (Phi) is 4.70. The summed E-state index contributed by atoms with van der Waals surface area (Å²) in [6.45, 7) is 1.87. The molecule has 4 aromatic rings. The minimum absolute atomic E-state index is 0.715. The number of nitrogens with zero attached hydrogens (tertiary/aromatic N) is 4. The van der Waals surface area contributed by atoms with Crippen LogP contribution in [0.15, 0.2) is 65.3 Å². The quantitative estimate of drug-likeness (QED) is 0.519. The highest BCUT2D eigenvalue weighted by Gasteiger charge is 2.18. The second-order valence-corrected chi connectivity index (χ2v) is 6.24. The Morgan fingerprint density at radius 2 is 1.78 bits per heavy atom. The molecule has 0 aliphatic heterocycles. The number of hydrogen-bond acceptors (Lipinski definition) is 5. The molecule has 0 saturated carbocycles. The minimum atomic E-state index is 0.715. The minimum Gasteiger partial charge on any atom is -0.497 e. The summed E-state index contributed by atoms with van der Waals surface area (Å²) >= 11 is 0. The average Bonchev–Trinajstić information content (AvgIpc) is 3.33. The van der Waals surface area contributed by atoms with Crippen molar-refractivity contribution < 1.29 is 9.26 Å². The van der Waals surface area contributed by atoms with Crippen molar-refractivity contribution in [3.05, 3.63) is 77.9 Å². The molecule has 0 aliphatic carbocycles. The average molecular weight is 360 g/mol. The summed E-state index contributed by atoms with van der Waals surface area (Å²) in [5.74, 6) is 3.02. The van der Waals surface area contributed by atoms with Gasteiger partial charge in [-0.3, -0.25) is 0 Å². The van der Waals surface area contributed by atoms with Crippen LogP contribution in [-0.4, -0.2) is 27.0 Å². The lowest BCUT2D eigenvalue weighted by molar-refractivity contribution is 0.398. The predicted octanol–water partition coefficient (Wildman–Crippen LogP) is 4.02. The van der Waals surface area contributed by atoms with Gasteiger partial charge in [-0.15, -0.1) is 0 Å². The van der Waals surface area contributed by atoms with Crippen molar-refractivity contribution >= 4 is 0 Å². The summed E-state index contributed by atoms with van der Waals surface area (Å²) in [4.78, 5) is 4.77. The van der Waals surface area contributed by atoms with Gasteiger partial charge < -0.3 is 9.26 Å². The van der Waals surface area contributed by atoms with Crippen molar-refractivity contribution in [2.45, 2.75) is 19.8 Å². The monoisotopic (exact) mass is 360 g/mol. The molecule has 0 radical (unpaired) electrons. The zero-order chi connectivity index (χ0) is 18.6. The van der Waals surface area contributed by atoms with Gasteiger partial charge in [-0.2, -0.15) is 5.10 Å². The first-order valence-corrected chi connectivity index (χ1v) is 8.80. The predicted molar refractivity (Wildman–Crippen MR) is 102 cm³/mol. The fourth-order valence-corrected chi connectivity index (χ4v) is 2.95. The van der Waals surface area contributed by atoms with E-state index in [2.05, 4.69) is 17.3 Å². The lowest BCUT2D eigenvalue weighted by atomic mass is 10.1. The molecule has 4 rings (SSSR count). The molecular formula is C21H20N4O2. The van der Waals surface area contributed by atoms with Gasteiger partial charge in [-0.1, -0.05) is 35.5 Å². The van der Waals surface area contributed by atoms with Crippen molar-refractivity contribution in [3.63, 3.8) is 0 Å². The Bertz CT molecular complexity index is 1020. The number of hydrogen-bond donors (Lipinski definition) is 0. The molecule has 0 atom stereocenters. The van der Waals surface area contributed by atoms with E-state index < -0.39 is 0 Å². The molecule has 0 amide bonds. The van der Waals surface area contributed by atoms with Crippen LogP contribution in [0.25, 0.3) is 17.1 Å². The van der Waals surface area contributed by atoms with Crippen LogP contribution in [0.5, 0.6) is 5.75 Å². The van der Waals surface area contributed by atoms with E-state index in [1.54, 1.807) is 13.3 Å². The molecule has 2 heterocycles. The molecule has 0 spiro atoms. The standard InChI is InChI=1S/C21H20N4O2/c1-15-19(14-22-27-15)21-23-20(13-8-16-6-4-3-5-7-16)24-25(21)17-9-11-18(26-2)12-10-17/h3-7,9-12,14H,8,13H2,1-2H3. The fourth-order valence-electron chi connectivity index (χ4n) is 2.95. The van der Waals surface area contributed by atoms with Crippen LogP contribution in [0.3, 0.4) is 0 Å². The smallest absolute Gasteiger partial charge is 0.168 e. The molecular weight excluding hydrogens is 340 g/mol. The van der Waals surface area contributed by atoms with Gasteiger partial charge in [-0.25, -0.2) is 9.67 Å². The zero-order valence-electron chi connectivity index (χ0n) is 15.3. The van der Waals surface area contributed by atoms with Gasteiger partial charge in [0.15, 0.2) is 11.6 Å². The molecule has 6 nitrogen and oxygen atoms in total. The molecule has 2 aromatic heterocycles. The van der Waals surface area contributed by atoms with Gasteiger partial charge in [0.1, 0.15) is 11.5 Å². The molecule has 27 heavy (non-hydrogen) atoms. The second kappa shape index (κ2) is 7.45. The van der Waals surface area contributed by atoms with Crippen LogP contribution < -0.4 is 4.74 Å². The molecule has 0 aliphatic rings. The van der Waals surface area contributed by atoms with Crippen molar-refractivity contribution in [2.75, 3.05) is 7.11 Å². The Morgan fingerprint density at radius 1 is 1.00 bits per heavy atom. The molecule has 0 bridgehead atoms. The van der Waals surface area contributed by atoms with Crippen LogP contribution in [0.4, 0.5) is 0 Å². The zero-order valence-corrected chi connectivity index (χ0v) is 15.3. The highest BCUT2D eigenvalue weighted by atomic mass is 16.5. The molecule has 0 saturated heterocycles. The maximum Gasteiger partial charge on any atom is 0.168 e. The van der Waals surface area contributed by atoms with Gasteiger partial charge in [-0.05, 0) is 43.2 Å². The molecule has 136 valence electrons. The third-order valence-electron chi connectivity index (χ3n) is 4.44. The van der Waals surface area contributed by atoms with E-state index in [9.17, 15) is 0 Å². The number of rotatable bonds is 6. The summed E-state index contributed by atoms with van der Waals surface area (Å²) in [5.41, 5.74) is 3.01. The molecule has 0 unspecified atom stereocenters. The van der Waals surface area contributed by atoms with E-state index in [0.717, 1.165) is 41.5 Å². The largest absolute Gasteiger partial charge is 0.497 e. The van der Waals surface area contributed by atoms with Crippen LogP contribution in [-0.2, 0) is 12.8 Å². The third-order valence-corrected chi connectivity index (χ3v) is 4.44. The van der Waals surface area contributed by atoms with E-state index in [4.69, 9.17) is 19.3 Å². The van der Waals surface area contributed by atoms with E-state index in [1.807, 2.05) is 54.1 Å². The highest BCUT2D eigenvalue weighted by Crippen LogP contribution is 2.25. The number of ether oxygens (including phenoxy) is 1. The molecule has 0 fully saturated rings. The Balaban J connectivity index is 1.69. The summed E-state index contributed by atoms with van der Waals surface area (Å²) in [6.07, 6.45) is 3.32. The van der Waals surface area contributed by atoms with Gasteiger partial charge in [0.25, 0.3) is 0 Å². The maximum absolute atomic E-state index is 5.25. The van der Waals surface area contributed by atoms with Gasteiger partial charge in [0.05, 0.1) is 24.6 Å². The lowest BCUT2D eigenvalue weighted by Gasteiger charge is -2.06. The van der Waals surface area contributed by atoms with Gasteiger partial charge >= 0.3 is 0 Å². The van der Waals surface area contributed by atoms with Gasteiger partial charge in [0.2, 0.25) is 0 Å². The molecule has 2 aromatic carbocycles. The van der Waals surface area contributed by atoms with Crippen molar-refractivity contribution in [1.82, 2.24) is 19.9 Å². The van der Waals surface area contributed by atoms with Crippen molar-refractivity contribution in [3.8, 4) is 22.8 Å². The van der Waals surface area contributed by atoms with Crippen LogP contribution >= 0.6 is 0 Å². The van der Waals surface area contributed by atoms with Crippen LogP contribution in [0.2, 0.25) is 0 Å². The first-order valence-electron chi connectivity index (χ1n) is 8.80. The number of aromatic nitrogens is 4. The Morgan fingerprint density at radius 3 is 2.44 bits per heavy atom. The van der Waals surface area contributed by atoms with E-state index in [1.165, 1.54) is 5.56 Å². The van der Waals surface area contributed by atoms with Gasteiger partial charge in [0, 0.05) is 6.42 Å². The normalized spacial score (nSPS) is 10.9. The SMILES string of the molecule is COc1ccc(-n2nc(CCc3ccccc3)nc2-c2cnoc2C)cc1. The molecule has 6 heteroatoms. The van der Waals surface area contributed by atoms with Crippen LogP contribution in [0.1, 0.15) is 17.1 Å². The lowest BCUT2D eigenvalue weighted by Crippen LogP contribution is -2.00. The van der Waals surface area contributed by atoms with E-state index in [-0.39, 0.29) is 0 Å². The van der Waals surface area contributed by atoms with Crippen molar-refractivity contribution in [2.24, 2.45) is 0 Å². The summed E-state index contributed by atoms with van der Waals surface area (Å²) < 4.78 is 12.3. The first-order chi connectivity index (χ1) is 13.2. The number of aryl methyl sites for hydroxylation is 3. The topological polar surface area (TPSA) is 66.0 Å². The Labute approximate surface area is 157 Å². The molecule has 0 N–H and O–H groups in total. The summed E-state index contributed by atoms with van der Waals surface area (Å²) in [5, 5.41) is 8.63. The van der Waals surface area contributed by atoms with Crippen LogP contribution in [0, 0.1) is 6.92 Å². The fraction of sp³-hybridized carbons (Fsp3) is 0.190. The number of benzene rings is 2. The van der Waals surface area contributed by atoms with Crippen molar-refractivity contribution in [1.29, 1.82) is 0 Å². The highest BCUT2D eigenvalue weighted by molar-refractivity contribution is 5.59. The third kappa shape index (κ3) is 3.60. The Hall–Kier alpha value is -3.41. The first kappa shape index (κ1) is 17.0. The summed E-state index contributed by atoms with van der Waals surface area (Å²) in [7, 11) is 1.65. The van der Waals surface area contributed by atoms with E-state index >= 15 is 0 Å². The summed E-state index contributed by atoms with van der Waals surface area (Å²) in [6, 6.07) is 18.1. The maximum atomic E-state index is 5.25.